The molecule has 0 spiro atoms. The molecule has 0 atom stereocenters. The maximum absolute atomic E-state index is 5.53. The van der Waals surface area contributed by atoms with Crippen LogP contribution >= 0.6 is 0 Å². The third kappa shape index (κ3) is 3.66. The van der Waals surface area contributed by atoms with E-state index >= 15 is 0 Å². The minimum atomic E-state index is 0.532. The highest BCUT2D eigenvalue weighted by atomic mass is 16.5. The molecule has 0 saturated heterocycles. The van der Waals surface area contributed by atoms with Crippen LogP contribution in [0.2, 0.25) is 0 Å². The number of hydrogen-bond donors (Lipinski definition) is 1. The zero-order chi connectivity index (χ0) is 14.4. The van der Waals surface area contributed by atoms with Crippen LogP contribution < -0.4 is 10.1 Å². The van der Waals surface area contributed by atoms with Crippen LogP contribution in [0.25, 0.3) is 0 Å². The van der Waals surface area contributed by atoms with Crippen molar-refractivity contribution in [2.75, 3.05) is 11.9 Å². The van der Waals surface area contributed by atoms with E-state index in [1.165, 1.54) is 0 Å². The average molecular weight is 276 g/mol. The molecule has 0 fully saturated rings. The lowest BCUT2D eigenvalue weighted by Gasteiger charge is -2.09. The van der Waals surface area contributed by atoms with Gasteiger partial charge in [0.25, 0.3) is 0 Å². The van der Waals surface area contributed by atoms with Crippen molar-refractivity contribution in [3.05, 3.63) is 23.9 Å². The summed E-state index contributed by atoms with van der Waals surface area (Å²) in [6, 6.07) is 1.83. The van der Waals surface area contributed by atoms with Gasteiger partial charge in [0.15, 0.2) is 5.82 Å². The van der Waals surface area contributed by atoms with Crippen molar-refractivity contribution < 1.29 is 4.74 Å². The largest absolute Gasteiger partial charge is 0.478 e. The highest BCUT2D eigenvalue weighted by Gasteiger charge is 2.06. The topological polar surface area (TPSA) is 77.8 Å². The van der Waals surface area contributed by atoms with E-state index < -0.39 is 0 Å². The first-order valence-electron chi connectivity index (χ1n) is 6.82. The molecule has 0 amide bonds. The number of nitrogens with one attached hydrogen (secondary N) is 1. The van der Waals surface area contributed by atoms with Crippen molar-refractivity contribution in [3.8, 4) is 5.88 Å². The van der Waals surface area contributed by atoms with E-state index in [4.69, 9.17) is 4.74 Å². The highest BCUT2D eigenvalue weighted by molar-refractivity contribution is 5.30. The van der Waals surface area contributed by atoms with E-state index in [1.807, 2.05) is 24.5 Å². The fourth-order valence-electron chi connectivity index (χ4n) is 1.74. The van der Waals surface area contributed by atoms with Crippen molar-refractivity contribution in [1.82, 2.24) is 24.7 Å². The van der Waals surface area contributed by atoms with Crippen LogP contribution in [0.3, 0.4) is 0 Å². The molecule has 7 heteroatoms. The van der Waals surface area contributed by atoms with Gasteiger partial charge >= 0.3 is 0 Å². The Morgan fingerprint density at radius 1 is 1.30 bits per heavy atom. The number of ether oxygens (including phenoxy) is 1. The van der Waals surface area contributed by atoms with Crippen molar-refractivity contribution >= 4 is 5.95 Å². The second-order valence-corrected chi connectivity index (χ2v) is 4.41. The Morgan fingerprint density at radius 2 is 2.15 bits per heavy atom. The fraction of sp³-hybridized carbons (Fsp3) is 0.538. The number of rotatable bonds is 7. The molecule has 0 aliphatic heterocycles. The Kier molecular flexibility index (Phi) is 4.86. The Hall–Kier alpha value is -2.18. The predicted molar refractivity (Wildman–Crippen MR) is 75.6 cm³/mol. The Morgan fingerprint density at radius 3 is 2.90 bits per heavy atom. The van der Waals surface area contributed by atoms with Gasteiger partial charge in [-0.1, -0.05) is 6.92 Å². The van der Waals surface area contributed by atoms with Gasteiger partial charge in [0.05, 0.1) is 13.2 Å². The number of hydrogen-bond acceptors (Lipinski definition) is 6. The SMILES string of the molecule is CCCOc1cc(C)nc(NCc2nncn2CC)n1. The van der Waals surface area contributed by atoms with Crippen LogP contribution in [-0.2, 0) is 13.1 Å². The van der Waals surface area contributed by atoms with Crippen LogP contribution in [0.4, 0.5) is 5.95 Å². The molecule has 7 nitrogen and oxygen atoms in total. The summed E-state index contributed by atoms with van der Waals surface area (Å²) in [7, 11) is 0. The van der Waals surface area contributed by atoms with E-state index in [-0.39, 0.29) is 0 Å². The molecule has 0 radical (unpaired) electrons. The van der Waals surface area contributed by atoms with Crippen LogP contribution in [-0.4, -0.2) is 31.3 Å². The maximum atomic E-state index is 5.53. The lowest BCUT2D eigenvalue weighted by Crippen LogP contribution is -2.10. The molecule has 1 N–H and O–H groups in total. The molecule has 2 rings (SSSR count). The van der Waals surface area contributed by atoms with Crippen LogP contribution in [0.1, 0.15) is 31.8 Å². The molecule has 0 saturated carbocycles. The number of aryl methyl sites for hydroxylation is 2. The molecule has 2 heterocycles. The summed E-state index contributed by atoms with van der Waals surface area (Å²) in [5.41, 5.74) is 0.866. The zero-order valence-electron chi connectivity index (χ0n) is 12.1. The second kappa shape index (κ2) is 6.83. The van der Waals surface area contributed by atoms with Gasteiger partial charge in [-0.25, -0.2) is 4.98 Å². The highest BCUT2D eigenvalue weighted by Crippen LogP contribution is 2.12. The van der Waals surface area contributed by atoms with Crippen molar-refractivity contribution in [1.29, 1.82) is 0 Å². The minimum absolute atomic E-state index is 0.532. The van der Waals surface area contributed by atoms with Crippen molar-refractivity contribution in [2.24, 2.45) is 0 Å². The molecule has 2 aromatic heterocycles. The van der Waals surface area contributed by atoms with Gasteiger partial charge < -0.3 is 14.6 Å². The molecule has 0 aromatic carbocycles. The van der Waals surface area contributed by atoms with Crippen molar-refractivity contribution in [2.45, 2.75) is 40.3 Å². The van der Waals surface area contributed by atoms with Gasteiger partial charge in [-0.3, -0.25) is 0 Å². The molecule has 0 aliphatic rings. The molecule has 2 aromatic rings. The van der Waals surface area contributed by atoms with Gasteiger partial charge in [0.1, 0.15) is 6.33 Å². The molecule has 108 valence electrons. The molecule has 0 unspecified atom stereocenters. The van der Waals surface area contributed by atoms with Gasteiger partial charge in [0.2, 0.25) is 11.8 Å². The van der Waals surface area contributed by atoms with E-state index in [0.717, 1.165) is 24.5 Å². The van der Waals surface area contributed by atoms with E-state index in [0.29, 0.717) is 25.0 Å². The van der Waals surface area contributed by atoms with E-state index in [1.54, 1.807) is 6.33 Å². The number of anilines is 1. The summed E-state index contributed by atoms with van der Waals surface area (Å²) in [6.45, 7) is 8.05. The monoisotopic (exact) mass is 276 g/mol. The average Bonchev–Trinajstić information content (AvgIpc) is 2.90. The third-order valence-corrected chi connectivity index (χ3v) is 2.73. The maximum Gasteiger partial charge on any atom is 0.226 e. The summed E-state index contributed by atoms with van der Waals surface area (Å²) < 4.78 is 7.50. The first-order chi connectivity index (χ1) is 9.72. The van der Waals surface area contributed by atoms with E-state index in [2.05, 4.69) is 32.4 Å². The normalized spacial score (nSPS) is 10.6. The fourth-order valence-corrected chi connectivity index (χ4v) is 1.74. The molecule has 20 heavy (non-hydrogen) atoms. The predicted octanol–water partition coefficient (Wildman–Crippen LogP) is 1.80. The number of nitrogens with zero attached hydrogens (tertiary/aromatic N) is 5. The summed E-state index contributed by atoms with van der Waals surface area (Å²) >= 11 is 0. The minimum Gasteiger partial charge on any atom is -0.478 e. The Labute approximate surface area is 118 Å². The zero-order valence-corrected chi connectivity index (χ0v) is 12.1. The van der Waals surface area contributed by atoms with Gasteiger partial charge in [0, 0.05) is 18.3 Å². The molecular formula is C13H20N6O. The lowest BCUT2D eigenvalue weighted by atomic mass is 10.4. The first-order valence-corrected chi connectivity index (χ1v) is 6.82. The van der Waals surface area contributed by atoms with Crippen LogP contribution in [0.15, 0.2) is 12.4 Å². The molecule has 0 bridgehead atoms. The second-order valence-electron chi connectivity index (χ2n) is 4.41. The Bertz CT molecular complexity index is 554. The summed E-state index contributed by atoms with van der Waals surface area (Å²) in [4.78, 5) is 8.66. The van der Waals surface area contributed by atoms with Gasteiger partial charge in [-0.2, -0.15) is 4.98 Å². The van der Waals surface area contributed by atoms with Crippen LogP contribution in [0, 0.1) is 6.92 Å². The summed E-state index contributed by atoms with van der Waals surface area (Å²) in [5.74, 6) is 1.99. The third-order valence-electron chi connectivity index (χ3n) is 2.73. The van der Waals surface area contributed by atoms with Gasteiger partial charge in [-0.05, 0) is 20.3 Å². The summed E-state index contributed by atoms with van der Waals surface area (Å²) in [5, 5.41) is 11.1. The standard InChI is InChI=1S/C13H20N6O/c1-4-6-20-12-7-10(3)16-13(17-12)14-8-11-18-15-9-19(11)5-2/h7,9H,4-6,8H2,1-3H3,(H,14,16,17). The smallest absolute Gasteiger partial charge is 0.226 e. The first kappa shape index (κ1) is 14.2. The lowest BCUT2D eigenvalue weighted by molar-refractivity contribution is 0.305. The van der Waals surface area contributed by atoms with E-state index in [9.17, 15) is 0 Å². The molecule has 0 aliphatic carbocycles. The Balaban J connectivity index is 2.03. The van der Waals surface area contributed by atoms with Gasteiger partial charge in [-0.15, -0.1) is 10.2 Å². The quantitative estimate of drug-likeness (QED) is 0.830. The summed E-state index contributed by atoms with van der Waals surface area (Å²) in [6.07, 6.45) is 2.66. The molecular weight excluding hydrogens is 256 g/mol. The van der Waals surface area contributed by atoms with Crippen molar-refractivity contribution in [3.63, 3.8) is 0 Å². The van der Waals surface area contributed by atoms with Crippen LogP contribution in [0.5, 0.6) is 5.88 Å². The number of aromatic nitrogens is 5.